The zero-order chi connectivity index (χ0) is 23.9. The molecule has 0 saturated carbocycles. The molecule has 1 heterocycles. The molecule has 1 N–H and O–H groups in total. The fourth-order valence-corrected chi connectivity index (χ4v) is 3.58. The van der Waals surface area contributed by atoms with Crippen molar-refractivity contribution in [3.8, 4) is 17.2 Å². The van der Waals surface area contributed by atoms with Crippen molar-refractivity contribution in [3.05, 3.63) is 112 Å². The first-order valence-corrected chi connectivity index (χ1v) is 11.1. The first kappa shape index (κ1) is 23.0. The highest BCUT2D eigenvalue weighted by atomic mass is 79.9. The van der Waals surface area contributed by atoms with Crippen LogP contribution in [0.3, 0.4) is 0 Å². The molecule has 1 amide bonds. The van der Waals surface area contributed by atoms with Crippen LogP contribution in [0, 0.1) is 0 Å². The second kappa shape index (κ2) is 10.6. The van der Waals surface area contributed by atoms with Crippen LogP contribution in [-0.2, 0) is 0 Å². The number of aromatic nitrogens is 1. The molecule has 1 aromatic heterocycles. The van der Waals surface area contributed by atoms with Crippen LogP contribution in [0.1, 0.15) is 26.3 Å². The number of rotatable bonds is 7. The van der Waals surface area contributed by atoms with Gasteiger partial charge >= 0.3 is 5.97 Å². The zero-order valence-electron chi connectivity index (χ0n) is 18.1. The summed E-state index contributed by atoms with van der Waals surface area (Å²) < 4.78 is 13.3. The summed E-state index contributed by atoms with van der Waals surface area (Å²) in [4.78, 5) is 25.4. The van der Waals surface area contributed by atoms with Gasteiger partial charge in [0.2, 0.25) is 0 Å². The number of methoxy groups -OCH3 is 1. The van der Waals surface area contributed by atoms with Crippen molar-refractivity contribution >= 4 is 34.0 Å². The number of carbonyl (C=O) groups is 2. The summed E-state index contributed by atoms with van der Waals surface area (Å²) in [6.45, 7) is 0. The Bertz CT molecular complexity index is 1330. The quantitative estimate of drug-likeness (QED) is 0.157. The van der Waals surface area contributed by atoms with Crippen molar-refractivity contribution in [3.63, 3.8) is 0 Å². The Balaban J connectivity index is 1.50. The predicted octanol–water partition coefficient (Wildman–Crippen LogP) is 5.23. The maximum absolute atomic E-state index is 12.8. The van der Waals surface area contributed by atoms with Gasteiger partial charge in [-0.25, -0.2) is 10.2 Å². The van der Waals surface area contributed by atoms with E-state index in [1.165, 1.54) is 6.21 Å². The van der Waals surface area contributed by atoms with Gasteiger partial charge in [-0.15, -0.1) is 0 Å². The number of amides is 1. The van der Waals surface area contributed by atoms with E-state index in [-0.39, 0.29) is 5.91 Å². The van der Waals surface area contributed by atoms with E-state index >= 15 is 0 Å². The molecule has 0 spiro atoms. The molecule has 0 unspecified atom stereocenters. The number of hydrogen-bond donors (Lipinski definition) is 1. The number of para-hydroxylation sites is 1. The lowest BCUT2D eigenvalue weighted by molar-refractivity contribution is 0.0734. The third-order valence-electron chi connectivity index (χ3n) is 4.90. The van der Waals surface area contributed by atoms with E-state index in [4.69, 9.17) is 9.47 Å². The Morgan fingerprint density at radius 1 is 0.971 bits per heavy atom. The van der Waals surface area contributed by atoms with Crippen LogP contribution in [0.15, 0.2) is 101 Å². The summed E-state index contributed by atoms with van der Waals surface area (Å²) in [6, 6.07) is 22.7. The van der Waals surface area contributed by atoms with E-state index in [1.54, 1.807) is 61.7 Å². The number of esters is 1. The summed E-state index contributed by atoms with van der Waals surface area (Å²) in [5.74, 6) is 0.0495. The maximum Gasteiger partial charge on any atom is 0.343 e. The van der Waals surface area contributed by atoms with Crippen LogP contribution in [0.5, 0.6) is 11.5 Å². The van der Waals surface area contributed by atoms with E-state index in [2.05, 4.69) is 26.5 Å². The molecule has 0 aliphatic heterocycles. The molecule has 0 aliphatic carbocycles. The van der Waals surface area contributed by atoms with Crippen molar-refractivity contribution < 1.29 is 19.1 Å². The maximum atomic E-state index is 12.8. The highest BCUT2D eigenvalue weighted by Gasteiger charge is 2.13. The Morgan fingerprint density at radius 3 is 2.44 bits per heavy atom. The van der Waals surface area contributed by atoms with Crippen molar-refractivity contribution in [2.45, 2.75) is 0 Å². The van der Waals surface area contributed by atoms with Crippen LogP contribution >= 0.6 is 15.9 Å². The SMILES string of the molecule is COc1ccc(C(=O)Oc2ccc(Br)cc2/C=N\NC(=O)c2ccccc2-n2cccc2)cc1. The van der Waals surface area contributed by atoms with Crippen LogP contribution in [0.2, 0.25) is 0 Å². The second-order valence-corrected chi connectivity index (χ2v) is 8.02. The van der Waals surface area contributed by atoms with Crippen molar-refractivity contribution in [2.75, 3.05) is 7.11 Å². The minimum atomic E-state index is -0.524. The number of benzene rings is 3. The summed E-state index contributed by atoms with van der Waals surface area (Å²) >= 11 is 3.41. The van der Waals surface area contributed by atoms with Crippen molar-refractivity contribution in [1.29, 1.82) is 0 Å². The first-order valence-electron chi connectivity index (χ1n) is 10.3. The standard InChI is InChI=1S/C26H20BrN3O4/c1-33-21-11-8-18(9-12-21)26(32)34-24-13-10-20(27)16-19(24)17-28-29-25(31)22-6-2-3-7-23(22)30-14-4-5-15-30/h2-17H,1H3,(H,29,31)/b28-17-. The van der Waals surface area contributed by atoms with Crippen LogP contribution in [-0.4, -0.2) is 29.8 Å². The van der Waals surface area contributed by atoms with Crippen LogP contribution < -0.4 is 14.9 Å². The van der Waals surface area contributed by atoms with Gasteiger partial charge in [0.05, 0.1) is 30.1 Å². The van der Waals surface area contributed by atoms with Gasteiger partial charge in [0.25, 0.3) is 5.91 Å². The molecular weight excluding hydrogens is 498 g/mol. The number of nitrogens with one attached hydrogen (secondary N) is 1. The highest BCUT2D eigenvalue weighted by molar-refractivity contribution is 9.10. The lowest BCUT2D eigenvalue weighted by Gasteiger charge is -2.10. The molecule has 0 atom stereocenters. The Labute approximate surface area is 204 Å². The molecule has 0 fully saturated rings. The molecule has 0 saturated heterocycles. The predicted molar refractivity (Wildman–Crippen MR) is 133 cm³/mol. The van der Waals surface area contributed by atoms with Crippen LogP contribution in [0.4, 0.5) is 0 Å². The van der Waals surface area contributed by atoms with Gasteiger partial charge in [0.15, 0.2) is 0 Å². The molecule has 7 nitrogen and oxygen atoms in total. The number of carbonyl (C=O) groups excluding carboxylic acids is 2. The third-order valence-corrected chi connectivity index (χ3v) is 5.39. The Hall–Kier alpha value is -4.17. The molecule has 8 heteroatoms. The molecule has 3 aromatic carbocycles. The molecule has 0 aliphatic rings. The van der Waals surface area contributed by atoms with E-state index in [1.807, 2.05) is 41.2 Å². The second-order valence-electron chi connectivity index (χ2n) is 7.11. The Morgan fingerprint density at radius 2 is 1.71 bits per heavy atom. The lowest BCUT2D eigenvalue weighted by atomic mass is 10.1. The van der Waals surface area contributed by atoms with Gasteiger partial charge in [0, 0.05) is 22.4 Å². The summed E-state index contributed by atoms with van der Waals surface area (Å²) in [6.07, 6.45) is 5.15. The highest BCUT2D eigenvalue weighted by Crippen LogP contribution is 2.23. The smallest absolute Gasteiger partial charge is 0.343 e. The normalized spacial score (nSPS) is 10.8. The topological polar surface area (TPSA) is 81.9 Å². The van der Waals surface area contributed by atoms with Gasteiger partial charge in [-0.1, -0.05) is 28.1 Å². The number of nitrogens with zero attached hydrogens (tertiary/aromatic N) is 2. The number of hydrazone groups is 1. The van der Waals surface area contributed by atoms with Gasteiger partial charge in [-0.3, -0.25) is 4.79 Å². The van der Waals surface area contributed by atoms with Crippen molar-refractivity contribution in [2.24, 2.45) is 5.10 Å². The monoisotopic (exact) mass is 517 g/mol. The fourth-order valence-electron chi connectivity index (χ4n) is 3.21. The minimum Gasteiger partial charge on any atom is -0.497 e. The zero-order valence-corrected chi connectivity index (χ0v) is 19.7. The van der Waals surface area contributed by atoms with Gasteiger partial charge in [-0.05, 0) is 66.7 Å². The van der Waals surface area contributed by atoms with E-state index < -0.39 is 5.97 Å². The average molecular weight is 518 g/mol. The molecule has 4 rings (SSSR count). The van der Waals surface area contributed by atoms with Gasteiger partial charge < -0.3 is 14.0 Å². The molecular formula is C26H20BrN3O4. The largest absolute Gasteiger partial charge is 0.497 e. The summed E-state index contributed by atoms with van der Waals surface area (Å²) in [7, 11) is 1.55. The van der Waals surface area contributed by atoms with E-state index in [0.29, 0.717) is 28.2 Å². The number of ether oxygens (including phenoxy) is 2. The Kier molecular flexibility index (Phi) is 7.19. The molecule has 4 aromatic rings. The summed E-state index contributed by atoms with van der Waals surface area (Å²) in [5, 5.41) is 4.08. The first-order chi connectivity index (χ1) is 16.5. The molecule has 0 bridgehead atoms. The van der Waals surface area contributed by atoms with Crippen LogP contribution in [0.25, 0.3) is 5.69 Å². The van der Waals surface area contributed by atoms with Gasteiger partial charge in [-0.2, -0.15) is 5.10 Å². The fraction of sp³-hybridized carbons (Fsp3) is 0.0385. The minimum absolute atomic E-state index is 0.301. The van der Waals surface area contributed by atoms with Crippen molar-refractivity contribution in [1.82, 2.24) is 9.99 Å². The third kappa shape index (κ3) is 5.41. The molecule has 34 heavy (non-hydrogen) atoms. The number of hydrogen-bond acceptors (Lipinski definition) is 5. The lowest BCUT2D eigenvalue weighted by Crippen LogP contribution is -2.19. The average Bonchev–Trinajstić information content (AvgIpc) is 3.40. The van der Waals surface area contributed by atoms with Gasteiger partial charge in [0.1, 0.15) is 11.5 Å². The van der Waals surface area contributed by atoms with E-state index in [9.17, 15) is 9.59 Å². The van der Waals surface area contributed by atoms with E-state index in [0.717, 1.165) is 10.2 Å². The molecule has 0 radical (unpaired) electrons. The summed E-state index contributed by atoms with van der Waals surface area (Å²) in [5.41, 5.74) is 4.63. The number of halogens is 1. The molecule has 170 valence electrons.